The summed E-state index contributed by atoms with van der Waals surface area (Å²) < 4.78 is 40.6. The third-order valence-electron chi connectivity index (χ3n) is 5.78. The summed E-state index contributed by atoms with van der Waals surface area (Å²) in [6.45, 7) is 10.9. The van der Waals surface area contributed by atoms with E-state index in [0.29, 0.717) is 29.7 Å². The van der Waals surface area contributed by atoms with Gasteiger partial charge in [0.15, 0.2) is 0 Å². The minimum atomic E-state index is -3.71. The molecule has 182 valence electrons. The summed E-state index contributed by atoms with van der Waals surface area (Å²) >= 11 is 1.61. The van der Waals surface area contributed by atoms with Crippen LogP contribution in [-0.2, 0) is 21.2 Å². The number of sulfonamides is 1. The number of aryl methyl sites for hydroxylation is 1. The lowest BCUT2D eigenvalue weighted by Gasteiger charge is -2.27. The van der Waals surface area contributed by atoms with E-state index in [9.17, 15) is 8.42 Å². The van der Waals surface area contributed by atoms with Gasteiger partial charge in [-0.3, -0.25) is 4.31 Å². The second-order valence-corrected chi connectivity index (χ2v) is 12.0. The van der Waals surface area contributed by atoms with Crippen molar-refractivity contribution in [2.75, 3.05) is 36.4 Å². The molecule has 7 heteroatoms. The van der Waals surface area contributed by atoms with Gasteiger partial charge in [0, 0.05) is 19.8 Å². The number of thioether (sulfide) groups is 1. The lowest BCUT2D eigenvalue weighted by Crippen LogP contribution is -2.34. The number of anilines is 1. The minimum absolute atomic E-state index is 0.192. The van der Waals surface area contributed by atoms with E-state index in [1.807, 2.05) is 44.2 Å². The molecule has 2 aromatic rings. The van der Waals surface area contributed by atoms with Crippen molar-refractivity contribution < 1.29 is 17.9 Å². The maximum Gasteiger partial charge on any atom is 0.264 e. The highest BCUT2D eigenvalue weighted by Crippen LogP contribution is 2.34. The van der Waals surface area contributed by atoms with E-state index in [4.69, 9.17) is 9.47 Å². The Labute approximate surface area is 203 Å². The predicted molar refractivity (Wildman–Crippen MR) is 137 cm³/mol. The summed E-state index contributed by atoms with van der Waals surface area (Å²) in [5.41, 5.74) is 1.89. The van der Waals surface area contributed by atoms with Gasteiger partial charge in [0.05, 0.1) is 22.1 Å². The lowest BCUT2D eigenvalue weighted by atomic mass is 10.0. The maximum atomic E-state index is 13.8. The van der Waals surface area contributed by atoms with E-state index in [1.165, 1.54) is 9.87 Å². The molecule has 0 N–H and O–H groups in total. The molecular weight excluding hydrogens is 454 g/mol. The molecule has 0 radical (unpaired) electrons. The summed E-state index contributed by atoms with van der Waals surface area (Å²) in [6.07, 6.45) is 2.93. The second kappa shape index (κ2) is 12.1. The fourth-order valence-corrected chi connectivity index (χ4v) is 6.38. The van der Waals surface area contributed by atoms with Crippen molar-refractivity contribution in [3.05, 3.63) is 48.0 Å². The number of ether oxygens (including phenoxy) is 2. The molecule has 0 saturated carbocycles. The quantitative estimate of drug-likeness (QED) is 0.360. The van der Waals surface area contributed by atoms with Gasteiger partial charge in [0.25, 0.3) is 10.0 Å². The Hall–Kier alpha value is -1.70. The van der Waals surface area contributed by atoms with E-state index >= 15 is 0 Å². The predicted octanol–water partition coefficient (Wildman–Crippen LogP) is 6.02. The molecule has 1 fully saturated rings. The molecule has 0 aromatic heterocycles. The molecule has 1 aliphatic rings. The van der Waals surface area contributed by atoms with Crippen molar-refractivity contribution in [3.63, 3.8) is 0 Å². The SMILES string of the molecule is CCSc1cc(S(=O)(=O)N(CC(C)C)c2ccc(CC)cc2)ccc1OCC1CCOCC1. The van der Waals surface area contributed by atoms with Crippen LogP contribution in [0.2, 0.25) is 0 Å². The van der Waals surface area contributed by atoms with Gasteiger partial charge in [-0.2, -0.15) is 0 Å². The van der Waals surface area contributed by atoms with Crippen molar-refractivity contribution in [1.82, 2.24) is 0 Å². The molecule has 0 bridgehead atoms. The molecule has 0 amide bonds. The Morgan fingerprint density at radius 3 is 2.39 bits per heavy atom. The van der Waals surface area contributed by atoms with Gasteiger partial charge in [0.2, 0.25) is 0 Å². The molecule has 3 rings (SSSR count). The molecule has 1 aliphatic heterocycles. The Bertz CT molecular complexity index is 984. The van der Waals surface area contributed by atoms with Crippen LogP contribution in [0.25, 0.3) is 0 Å². The van der Waals surface area contributed by atoms with E-state index < -0.39 is 10.0 Å². The van der Waals surface area contributed by atoms with E-state index in [-0.39, 0.29) is 5.92 Å². The summed E-state index contributed by atoms with van der Waals surface area (Å²) in [6, 6.07) is 13.1. The highest BCUT2D eigenvalue weighted by Gasteiger charge is 2.27. The van der Waals surface area contributed by atoms with Gasteiger partial charge in [-0.15, -0.1) is 11.8 Å². The normalized spacial score (nSPS) is 15.1. The molecule has 5 nitrogen and oxygen atoms in total. The molecule has 0 spiro atoms. The van der Waals surface area contributed by atoms with Crippen LogP contribution < -0.4 is 9.04 Å². The van der Waals surface area contributed by atoms with Crippen molar-refractivity contribution in [2.45, 2.75) is 56.7 Å². The van der Waals surface area contributed by atoms with Crippen LogP contribution in [0.4, 0.5) is 5.69 Å². The summed E-state index contributed by atoms with van der Waals surface area (Å²) in [5, 5.41) is 0. The van der Waals surface area contributed by atoms with Crippen LogP contribution in [0.1, 0.15) is 46.1 Å². The fourth-order valence-electron chi connectivity index (χ4n) is 3.86. The van der Waals surface area contributed by atoms with Gasteiger partial charge < -0.3 is 9.47 Å². The standard InChI is InChI=1S/C26H37NO4S2/c1-5-21-7-9-23(10-8-21)27(18-20(3)4)33(28,29)24-11-12-25(26(17-24)32-6-2)31-19-22-13-15-30-16-14-22/h7-12,17,20,22H,5-6,13-16,18-19H2,1-4H3. The second-order valence-electron chi connectivity index (χ2n) is 8.86. The van der Waals surface area contributed by atoms with Crippen LogP contribution in [-0.4, -0.2) is 40.5 Å². The number of hydrogen-bond acceptors (Lipinski definition) is 5. The van der Waals surface area contributed by atoms with Gasteiger partial charge in [-0.1, -0.05) is 39.8 Å². The summed E-state index contributed by atoms with van der Waals surface area (Å²) in [7, 11) is -3.71. The first-order valence-electron chi connectivity index (χ1n) is 11.9. The molecule has 0 atom stereocenters. The van der Waals surface area contributed by atoms with E-state index in [1.54, 1.807) is 23.9 Å². The topological polar surface area (TPSA) is 55.8 Å². The zero-order valence-corrected chi connectivity index (χ0v) is 21.9. The first-order valence-corrected chi connectivity index (χ1v) is 14.4. The van der Waals surface area contributed by atoms with Gasteiger partial charge in [-0.05, 0) is 72.7 Å². The first-order chi connectivity index (χ1) is 15.8. The largest absolute Gasteiger partial charge is 0.492 e. The molecule has 2 aromatic carbocycles. The zero-order chi connectivity index (χ0) is 23.8. The third-order valence-corrected chi connectivity index (χ3v) is 8.49. The Morgan fingerprint density at radius 1 is 1.09 bits per heavy atom. The third kappa shape index (κ3) is 6.90. The highest BCUT2D eigenvalue weighted by atomic mass is 32.2. The van der Waals surface area contributed by atoms with Crippen molar-refractivity contribution in [1.29, 1.82) is 0 Å². The molecule has 33 heavy (non-hydrogen) atoms. The van der Waals surface area contributed by atoms with Gasteiger partial charge in [-0.25, -0.2) is 8.42 Å². The molecular formula is C26H37NO4S2. The van der Waals surface area contributed by atoms with Crippen LogP contribution in [0, 0.1) is 11.8 Å². The average Bonchev–Trinajstić information content (AvgIpc) is 2.82. The Balaban J connectivity index is 1.89. The van der Waals surface area contributed by atoms with E-state index in [0.717, 1.165) is 48.9 Å². The monoisotopic (exact) mass is 491 g/mol. The Morgan fingerprint density at radius 2 is 1.79 bits per heavy atom. The smallest absolute Gasteiger partial charge is 0.264 e. The fraction of sp³-hybridized carbons (Fsp3) is 0.538. The van der Waals surface area contributed by atoms with Gasteiger partial charge >= 0.3 is 0 Å². The van der Waals surface area contributed by atoms with Crippen LogP contribution in [0.15, 0.2) is 52.3 Å². The van der Waals surface area contributed by atoms with Crippen LogP contribution >= 0.6 is 11.8 Å². The molecule has 0 unspecified atom stereocenters. The number of hydrogen-bond donors (Lipinski definition) is 0. The first kappa shape index (κ1) is 25.9. The Kier molecular flexibility index (Phi) is 9.53. The molecule has 0 aliphatic carbocycles. The van der Waals surface area contributed by atoms with Crippen molar-refractivity contribution in [2.24, 2.45) is 11.8 Å². The van der Waals surface area contributed by atoms with Crippen molar-refractivity contribution >= 4 is 27.5 Å². The van der Waals surface area contributed by atoms with Crippen molar-refractivity contribution in [3.8, 4) is 5.75 Å². The zero-order valence-electron chi connectivity index (χ0n) is 20.2. The van der Waals surface area contributed by atoms with E-state index in [2.05, 4.69) is 13.8 Å². The lowest BCUT2D eigenvalue weighted by molar-refractivity contribution is 0.0493. The minimum Gasteiger partial charge on any atom is -0.492 e. The molecule has 1 saturated heterocycles. The van der Waals surface area contributed by atoms with Gasteiger partial charge in [0.1, 0.15) is 5.75 Å². The van der Waals surface area contributed by atoms with Crippen LogP contribution in [0.3, 0.4) is 0 Å². The number of nitrogens with zero attached hydrogens (tertiary/aromatic N) is 1. The van der Waals surface area contributed by atoms with Crippen LogP contribution in [0.5, 0.6) is 5.75 Å². The number of benzene rings is 2. The summed E-state index contributed by atoms with van der Waals surface area (Å²) in [5.74, 6) is 2.27. The number of rotatable bonds is 11. The maximum absolute atomic E-state index is 13.8. The highest BCUT2D eigenvalue weighted by molar-refractivity contribution is 7.99. The average molecular weight is 492 g/mol. The molecule has 1 heterocycles. The summed E-state index contributed by atoms with van der Waals surface area (Å²) in [4.78, 5) is 1.17.